The minimum Gasteiger partial charge on any atom is -0.339 e. The van der Waals surface area contributed by atoms with Crippen molar-refractivity contribution in [3.63, 3.8) is 0 Å². The number of hydrogen-bond acceptors (Lipinski definition) is 3. The van der Waals surface area contributed by atoms with E-state index >= 15 is 0 Å². The van der Waals surface area contributed by atoms with Crippen molar-refractivity contribution in [2.75, 3.05) is 39.3 Å². The average Bonchev–Trinajstić information content (AvgIpc) is 3.25. The van der Waals surface area contributed by atoms with Crippen molar-refractivity contribution in [1.82, 2.24) is 15.1 Å². The lowest BCUT2D eigenvalue weighted by Crippen LogP contribution is -2.52. The first-order valence-electron chi connectivity index (χ1n) is 9.48. The standard InChI is InChI=1S/C18H31N3O2.ClH/c22-17(8-7-15-3-1-2-4-15)20-9-11-21(12-10-20)18(23)14-19-13-16-5-6-16;/h15-16,19H,1-14H2;1H. The van der Waals surface area contributed by atoms with Crippen molar-refractivity contribution in [3.8, 4) is 0 Å². The molecule has 0 bridgehead atoms. The number of halogens is 1. The zero-order valence-corrected chi connectivity index (χ0v) is 15.5. The molecule has 3 aliphatic rings. The summed E-state index contributed by atoms with van der Waals surface area (Å²) in [6.07, 6.45) is 9.67. The fourth-order valence-corrected chi connectivity index (χ4v) is 3.81. The number of carbonyl (C=O) groups excluding carboxylic acids is 2. The van der Waals surface area contributed by atoms with Crippen LogP contribution in [0.4, 0.5) is 0 Å². The van der Waals surface area contributed by atoms with Crippen molar-refractivity contribution >= 4 is 24.2 Å². The first kappa shape index (κ1) is 19.5. The fourth-order valence-electron chi connectivity index (χ4n) is 3.81. The molecule has 0 aromatic rings. The molecule has 1 saturated heterocycles. The van der Waals surface area contributed by atoms with Crippen molar-refractivity contribution in [3.05, 3.63) is 0 Å². The van der Waals surface area contributed by atoms with Crippen LogP contribution < -0.4 is 5.32 Å². The first-order valence-corrected chi connectivity index (χ1v) is 9.48. The average molecular weight is 358 g/mol. The molecule has 5 nitrogen and oxygen atoms in total. The van der Waals surface area contributed by atoms with Gasteiger partial charge in [0.25, 0.3) is 0 Å². The van der Waals surface area contributed by atoms with Gasteiger partial charge >= 0.3 is 0 Å². The van der Waals surface area contributed by atoms with Gasteiger partial charge in [-0.15, -0.1) is 12.4 Å². The number of hydrogen-bond donors (Lipinski definition) is 1. The molecule has 2 saturated carbocycles. The molecule has 2 aliphatic carbocycles. The summed E-state index contributed by atoms with van der Waals surface area (Å²) in [5, 5.41) is 3.26. The molecule has 138 valence electrons. The summed E-state index contributed by atoms with van der Waals surface area (Å²) in [6, 6.07) is 0. The molecule has 1 aliphatic heterocycles. The number of nitrogens with one attached hydrogen (secondary N) is 1. The van der Waals surface area contributed by atoms with E-state index in [9.17, 15) is 9.59 Å². The van der Waals surface area contributed by atoms with Crippen LogP contribution in [-0.4, -0.2) is 60.9 Å². The molecule has 3 rings (SSSR count). The van der Waals surface area contributed by atoms with Gasteiger partial charge in [-0.25, -0.2) is 0 Å². The summed E-state index contributed by atoms with van der Waals surface area (Å²) < 4.78 is 0. The Bertz CT molecular complexity index is 414. The highest BCUT2D eigenvalue weighted by atomic mass is 35.5. The summed E-state index contributed by atoms with van der Waals surface area (Å²) in [5.41, 5.74) is 0. The van der Waals surface area contributed by atoms with Crippen LogP contribution in [0, 0.1) is 11.8 Å². The lowest BCUT2D eigenvalue weighted by atomic mass is 10.0. The van der Waals surface area contributed by atoms with E-state index in [1.165, 1.54) is 38.5 Å². The van der Waals surface area contributed by atoms with Gasteiger partial charge in [-0.2, -0.15) is 0 Å². The molecule has 3 fully saturated rings. The zero-order valence-electron chi connectivity index (χ0n) is 14.7. The van der Waals surface area contributed by atoms with E-state index in [0.29, 0.717) is 39.1 Å². The van der Waals surface area contributed by atoms with Crippen molar-refractivity contribution < 1.29 is 9.59 Å². The van der Waals surface area contributed by atoms with Crippen LogP contribution in [0.25, 0.3) is 0 Å². The molecule has 0 radical (unpaired) electrons. The smallest absolute Gasteiger partial charge is 0.236 e. The highest BCUT2D eigenvalue weighted by molar-refractivity contribution is 5.85. The summed E-state index contributed by atoms with van der Waals surface area (Å²) >= 11 is 0. The van der Waals surface area contributed by atoms with Gasteiger partial charge in [0.05, 0.1) is 6.54 Å². The van der Waals surface area contributed by atoms with Gasteiger partial charge < -0.3 is 15.1 Å². The number of nitrogens with zero attached hydrogens (tertiary/aromatic N) is 2. The minimum atomic E-state index is 0. The number of amides is 2. The van der Waals surface area contributed by atoms with E-state index in [-0.39, 0.29) is 24.2 Å². The molecular weight excluding hydrogens is 326 g/mol. The number of rotatable bonds is 7. The second-order valence-electron chi connectivity index (χ2n) is 7.53. The van der Waals surface area contributed by atoms with E-state index in [1.54, 1.807) is 0 Å². The Hall–Kier alpha value is -0.810. The van der Waals surface area contributed by atoms with Crippen LogP contribution in [0.15, 0.2) is 0 Å². The molecule has 1 heterocycles. The van der Waals surface area contributed by atoms with Crippen LogP contribution >= 0.6 is 12.4 Å². The predicted octanol–water partition coefficient (Wildman–Crippen LogP) is 2.05. The minimum absolute atomic E-state index is 0. The fraction of sp³-hybridized carbons (Fsp3) is 0.889. The third kappa shape index (κ3) is 5.92. The molecule has 0 aromatic carbocycles. The first-order chi connectivity index (χ1) is 11.2. The Labute approximate surface area is 151 Å². The summed E-state index contributed by atoms with van der Waals surface area (Å²) in [5.74, 6) is 2.05. The van der Waals surface area contributed by atoms with Crippen LogP contribution in [0.2, 0.25) is 0 Å². The zero-order chi connectivity index (χ0) is 16.1. The van der Waals surface area contributed by atoms with E-state index in [2.05, 4.69) is 5.32 Å². The Balaban J connectivity index is 0.00000208. The van der Waals surface area contributed by atoms with Crippen molar-refractivity contribution in [2.24, 2.45) is 11.8 Å². The lowest BCUT2D eigenvalue weighted by molar-refractivity contribution is -0.139. The second-order valence-corrected chi connectivity index (χ2v) is 7.53. The largest absolute Gasteiger partial charge is 0.339 e. The molecular formula is C18H32ClN3O2. The summed E-state index contributed by atoms with van der Waals surface area (Å²) in [4.78, 5) is 28.3. The normalized spacial score (nSPS) is 21.7. The Morgan fingerprint density at radius 3 is 2.00 bits per heavy atom. The predicted molar refractivity (Wildman–Crippen MR) is 97.2 cm³/mol. The van der Waals surface area contributed by atoms with Gasteiger partial charge in [-0.3, -0.25) is 9.59 Å². The molecule has 0 spiro atoms. The monoisotopic (exact) mass is 357 g/mol. The topological polar surface area (TPSA) is 52.7 Å². The Morgan fingerprint density at radius 2 is 1.42 bits per heavy atom. The van der Waals surface area contributed by atoms with Gasteiger partial charge in [0.1, 0.15) is 0 Å². The van der Waals surface area contributed by atoms with Crippen LogP contribution in [-0.2, 0) is 9.59 Å². The highest BCUT2D eigenvalue weighted by Gasteiger charge is 2.25. The maximum atomic E-state index is 12.3. The number of piperazine rings is 1. The van der Waals surface area contributed by atoms with E-state index in [1.807, 2.05) is 9.80 Å². The maximum absolute atomic E-state index is 12.3. The number of carbonyl (C=O) groups is 2. The molecule has 0 unspecified atom stereocenters. The molecule has 0 aromatic heterocycles. The quantitative estimate of drug-likeness (QED) is 0.758. The third-order valence-electron chi connectivity index (χ3n) is 5.63. The van der Waals surface area contributed by atoms with Crippen molar-refractivity contribution in [1.29, 1.82) is 0 Å². The van der Waals surface area contributed by atoms with Crippen LogP contribution in [0.3, 0.4) is 0 Å². The van der Waals surface area contributed by atoms with Crippen LogP contribution in [0.5, 0.6) is 0 Å². The van der Waals surface area contributed by atoms with E-state index < -0.39 is 0 Å². The molecule has 2 amide bonds. The van der Waals surface area contributed by atoms with Gasteiger partial charge in [0.15, 0.2) is 0 Å². The van der Waals surface area contributed by atoms with E-state index in [4.69, 9.17) is 0 Å². The summed E-state index contributed by atoms with van der Waals surface area (Å²) in [7, 11) is 0. The molecule has 0 atom stereocenters. The molecule has 24 heavy (non-hydrogen) atoms. The summed E-state index contributed by atoms with van der Waals surface area (Å²) in [6.45, 7) is 4.23. The van der Waals surface area contributed by atoms with Gasteiger partial charge in [0, 0.05) is 32.6 Å². The SMILES string of the molecule is Cl.O=C(CCC1CCCC1)N1CCN(C(=O)CNCC2CC2)CC1. The lowest BCUT2D eigenvalue weighted by Gasteiger charge is -2.35. The molecule has 6 heteroatoms. The van der Waals surface area contributed by atoms with Gasteiger partial charge in [0.2, 0.25) is 11.8 Å². The maximum Gasteiger partial charge on any atom is 0.236 e. The van der Waals surface area contributed by atoms with Crippen LogP contribution in [0.1, 0.15) is 51.4 Å². The van der Waals surface area contributed by atoms with Crippen molar-refractivity contribution in [2.45, 2.75) is 51.4 Å². The Kier molecular flexibility index (Phi) is 7.82. The third-order valence-corrected chi connectivity index (χ3v) is 5.63. The van der Waals surface area contributed by atoms with Gasteiger partial charge in [-0.1, -0.05) is 25.7 Å². The highest BCUT2D eigenvalue weighted by Crippen LogP contribution is 2.29. The van der Waals surface area contributed by atoms with E-state index in [0.717, 1.165) is 24.8 Å². The Morgan fingerprint density at radius 1 is 0.833 bits per heavy atom. The van der Waals surface area contributed by atoms with Gasteiger partial charge in [-0.05, 0) is 37.6 Å². The second kappa shape index (κ2) is 9.62. The molecule has 1 N–H and O–H groups in total.